The number of benzene rings is 2. The van der Waals surface area contributed by atoms with Crippen molar-refractivity contribution in [2.24, 2.45) is 0 Å². The lowest BCUT2D eigenvalue weighted by molar-refractivity contribution is 0.602. The Labute approximate surface area is 106 Å². The molecule has 0 aliphatic carbocycles. The maximum atomic E-state index is 12.9. The van der Waals surface area contributed by atoms with E-state index in [4.69, 9.17) is 0 Å². The SMILES string of the molecule is Cc1ccc(S(C)(=O)=O)c(-c2ccc(F)cc2)c1. The van der Waals surface area contributed by atoms with Gasteiger partial charge >= 0.3 is 0 Å². The monoisotopic (exact) mass is 264 g/mol. The van der Waals surface area contributed by atoms with E-state index in [0.29, 0.717) is 11.1 Å². The fourth-order valence-electron chi connectivity index (χ4n) is 1.82. The summed E-state index contributed by atoms with van der Waals surface area (Å²) in [5.41, 5.74) is 2.26. The Morgan fingerprint density at radius 2 is 1.61 bits per heavy atom. The highest BCUT2D eigenvalue weighted by Crippen LogP contribution is 2.28. The second-order valence-corrected chi connectivity index (χ2v) is 6.26. The molecule has 2 aromatic rings. The van der Waals surface area contributed by atoms with E-state index in [0.717, 1.165) is 5.56 Å². The molecule has 0 saturated heterocycles. The van der Waals surface area contributed by atoms with E-state index < -0.39 is 9.84 Å². The summed E-state index contributed by atoms with van der Waals surface area (Å²) in [5, 5.41) is 0. The van der Waals surface area contributed by atoms with Crippen LogP contribution in [0.15, 0.2) is 47.4 Å². The van der Waals surface area contributed by atoms with Crippen LogP contribution in [0.3, 0.4) is 0 Å². The zero-order chi connectivity index (χ0) is 13.3. The van der Waals surface area contributed by atoms with E-state index in [9.17, 15) is 12.8 Å². The molecule has 2 aromatic carbocycles. The van der Waals surface area contributed by atoms with Gasteiger partial charge in [0.1, 0.15) is 5.82 Å². The van der Waals surface area contributed by atoms with Crippen LogP contribution in [0.1, 0.15) is 5.56 Å². The Hall–Kier alpha value is -1.68. The van der Waals surface area contributed by atoms with Crippen LogP contribution in [0, 0.1) is 12.7 Å². The van der Waals surface area contributed by atoms with E-state index >= 15 is 0 Å². The van der Waals surface area contributed by atoms with Gasteiger partial charge in [0.25, 0.3) is 0 Å². The molecule has 0 saturated carbocycles. The quantitative estimate of drug-likeness (QED) is 0.834. The molecule has 0 aliphatic heterocycles. The second-order valence-electron chi connectivity index (χ2n) is 4.28. The van der Waals surface area contributed by atoms with Crippen LogP contribution < -0.4 is 0 Å². The third-order valence-electron chi connectivity index (χ3n) is 2.69. The van der Waals surface area contributed by atoms with E-state index in [1.807, 2.05) is 6.92 Å². The van der Waals surface area contributed by atoms with Crippen molar-refractivity contribution in [1.29, 1.82) is 0 Å². The molecule has 0 bridgehead atoms. The summed E-state index contributed by atoms with van der Waals surface area (Å²) >= 11 is 0. The van der Waals surface area contributed by atoms with Crippen molar-refractivity contribution in [2.45, 2.75) is 11.8 Å². The lowest BCUT2D eigenvalue weighted by Gasteiger charge is -2.09. The van der Waals surface area contributed by atoms with Gasteiger partial charge in [-0.25, -0.2) is 12.8 Å². The van der Waals surface area contributed by atoms with Gasteiger partial charge in [-0.1, -0.05) is 29.8 Å². The maximum Gasteiger partial charge on any atom is 0.176 e. The molecule has 0 aliphatic rings. The molecule has 18 heavy (non-hydrogen) atoms. The molecular formula is C14H13FO2S. The van der Waals surface area contributed by atoms with Crippen molar-refractivity contribution in [1.82, 2.24) is 0 Å². The van der Waals surface area contributed by atoms with Crippen molar-refractivity contribution >= 4 is 9.84 Å². The molecule has 94 valence electrons. The van der Waals surface area contributed by atoms with Crippen LogP contribution in [-0.2, 0) is 9.84 Å². The van der Waals surface area contributed by atoms with Crippen molar-refractivity contribution in [2.75, 3.05) is 6.26 Å². The van der Waals surface area contributed by atoms with Crippen molar-refractivity contribution in [3.8, 4) is 11.1 Å². The van der Waals surface area contributed by atoms with Crippen LogP contribution in [-0.4, -0.2) is 14.7 Å². The van der Waals surface area contributed by atoms with E-state index in [1.54, 1.807) is 30.3 Å². The predicted molar refractivity (Wildman–Crippen MR) is 69.7 cm³/mol. The number of hydrogen-bond donors (Lipinski definition) is 0. The molecule has 0 atom stereocenters. The number of sulfone groups is 1. The van der Waals surface area contributed by atoms with E-state index in [-0.39, 0.29) is 10.7 Å². The molecule has 0 N–H and O–H groups in total. The topological polar surface area (TPSA) is 34.1 Å². The van der Waals surface area contributed by atoms with Gasteiger partial charge < -0.3 is 0 Å². The van der Waals surface area contributed by atoms with Gasteiger partial charge in [0.2, 0.25) is 0 Å². The van der Waals surface area contributed by atoms with Crippen LogP contribution in [0.4, 0.5) is 4.39 Å². The number of hydrogen-bond acceptors (Lipinski definition) is 2. The Bertz CT molecular complexity index is 673. The highest BCUT2D eigenvalue weighted by atomic mass is 32.2. The lowest BCUT2D eigenvalue weighted by atomic mass is 10.0. The van der Waals surface area contributed by atoms with Crippen molar-refractivity contribution < 1.29 is 12.8 Å². The van der Waals surface area contributed by atoms with Gasteiger partial charge in [-0.3, -0.25) is 0 Å². The highest BCUT2D eigenvalue weighted by Gasteiger charge is 2.14. The molecule has 0 heterocycles. The molecule has 0 amide bonds. The highest BCUT2D eigenvalue weighted by molar-refractivity contribution is 7.90. The average Bonchev–Trinajstić information content (AvgIpc) is 2.28. The van der Waals surface area contributed by atoms with E-state index in [1.165, 1.54) is 18.4 Å². The molecule has 0 unspecified atom stereocenters. The lowest BCUT2D eigenvalue weighted by Crippen LogP contribution is -2.00. The van der Waals surface area contributed by atoms with Gasteiger partial charge in [0, 0.05) is 11.8 Å². The number of aryl methyl sites for hydroxylation is 1. The molecule has 0 radical (unpaired) electrons. The third kappa shape index (κ3) is 2.59. The zero-order valence-electron chi connectivity index (χ0n) is 10.1. The Balaban J connectivity index is 2.69. The van der Waals surface area contributed by atoms with E-state index in [2.05, 4.69) is 0 Å². The summed E-state index contributed by atoms with van der Waals surface area (Å²) < 4.78 is 36.4. The average molecular weight is 264 g/mol. The van der Waals surface area contributed by atoms with Gasteiger partial charge in [-0.2, -0.15) is 0 Å². The van der Waals surface area contributed by atoms with Crippen LogP contribution >= 0.6 is 0 Å². The second kappa shape index (κ2) is 4.53. The Kier molecular flexibility index (Phi) is 3.22. The van der Waals surface area contributed by atoms with Gasteiger partial charge in [0.05, 0.1) is 4.90 Å². The summed E-state index contributed by atoms with van der Waals surface area (Å²) in [5.74, 6) is -0.340. The first kappa shape index (κ1) is 12.8. The molecule has 4 heteroatoms. The molecule has 0 fully saturated rings. The van der Waals surface area contributed by atoms with Crippen LogP contribution in [0.25, 0.3) is 11.1 Å². The standard InChI is InChI=1S/C14H13FO2S/c1-10-3-8-14(18(2,16)17)13(9-10)11-4-6-12(15)7-5-11/h3-9H,1-2H3. The Morgan fingerprint density at radius 3 is 2.17 bits per heavy atom. The van der Waals surface area contributed by atoms with Crippen LogP contribution in [0.2, 0.25) is 0 Å². The largest absolute Gasteiger partial charge is 0.224 e. The molecule has 2 rings (SSSR count). The molecular weight excluding hydrogens is 251 g/mol. The minimum atomic E-state index is -3.30. The predicted octanol–water partition coefficient (Wildman–Crippen LogP) is 3.20. The molecule has 0 spiro atoms. The minimum absolute atomic E-state index is 0.264. The first-order valence-corrected chi connectivity index (χ1v) is 7.34. The first-order valence-electron chi connectivity index (χ1n) is 5.44. The molecule has 2 nitrogen and oxygen atoms in total. The van der Waals surface area contributed by atoms with Crippen LogP contribution in [0.5, 0.6) is 0 Å². The Morgan fingerprint density at radius 1 is 1.00 bits per heavy atom. The van der Waals surface area contributed by atoms with Crippen molar-refractivity contribution in [3.05, 3.63) is 53.8 Å². The summed E-state index contributed by atoms with van der Waals surface area (Å²) in [6.45, 7) is 1.89. The smallest absolute Gasteiger partial charge is 0.176 e. The fraction of sp³-hybridized carbons (Fsp3) is 0.143. The molecule has 0 aromatic heterocycles. The van der Waals surface area contributed by atoms with Gasteiger partial charge in [-0.15, -0.1) is 0 Å². The van der Waals surface area contributed by atoms with Gasteiger partial charge in [0.15, 0.2) is 9.84 Å². The normalized spacial score (nSPS) is 11.5. The zero-order valence-corrected chi connectivity index (χ0v) is 11.0. The summed E-state index contributed by atoms with van der Waals surface area (Å²) in [6, 6.07) is 10.9. The van der Waals surface area contributed by atoms with Gasteiger partial charge in [-0.05, 0) is 30.7 Å². The third-order valence-corrected chi connectivity index (χ3v) is 3.84. The van der Waals surface area contributed by atoms with Crippen molar-refractivity contribution in [3.63, 3.8) is 0 Å². The fourth-order valence-corrected chi connectivity index (χ4v) is 2.71. The first-order chi connectivity index (χ1) is 8.38. The maximum absolute atomic E-state index is 12.9. The summed E-state index contributed by atoms with van der Waals surface area (Å²) in [7, 11) is -3.30. The number of rotatable bonds is 2. The summed E-state index contributed by atoms with van der Waals surface area (Å²) in [6.07, 6.45) is 1.17. The number of halogens is 1. The minimum Gasteiger partial charge on any atom is -0.224 e. The summed E-state index contributed by atoms with van der Waals surface area (Å²) in [4.78, 5) is 0.264.